The molecular formula is C17H20O4S. The van der Waals surface area contributed by atoms with Crippen molar-refractivity contribution in [3.05, 3.63) is 42.0 Å². The van der Waals surface area contributed by atoms with Crippen LogP contribution in [0, 0.1) is 16.7 Å². The molecule has 4 nitrogen and oxygen atoms in total. The largest absolute Gasteiger partial charge is 0.299 e. The van der Waals surface area contributed by atoms with Crippen molar-refractivity contribution >= 4 is 20.8 Å². The average molecular weight is 320 g/mol. The van der Waals surface area contributed by atoms with Crippen LogP contribution in [0.15, 0.2) is 36.4 Å². The molecule has 0 spiro atoms. The van der Waals surface area contributed by atoms with E-state index in [2.05, 4.69) is 0 Å². The Morgan fingerprint density at radius 1 is 1.27 bits per heavy atom. The lowest BCUT2D eigenvalue weighted by Gasteiger charge is -2.34. The number of fused-ring (bicyclic) bond motifs is 2. The standard InChI is InChI=1S/C17H20O4S/c1-16(2)13-8-9-17(16,15(18)10-13)11-14(22(19,20)21)12-6-4-3-5-7-12/h3-7,11,13H,8-10H2,1-2H3,(H,19,20,21). The summed E-state index contributed by atoms with van der Waals surface area (Å²) in [4.78, 5) is 12.4. The molecule has 2 aliphatic rings. The Labute approximate surface area is 131 Å². The van der Waals surface area contributed by atoms with Crippen molar-refractivity contribution in [1.29, 1.82) is 0 Å². The molecule has 2 bridgehead atoms. The van der Waals surface area contributed by atoms with E-state index in [9.17, 15) is 17.8 Å². The van der Waals surface area contributed by atoms with Gasteiger partial charge < -0.3 is 0 Å². The summed E-state index contributed by atoms with van der Waals surface area (Å²) in [6.45, 7) is 4.05. The van der Waals surface area contributed by atoms with Crippen molar-refractivity contribution in [1.82, 2.24) is 0 Å². The minimum absolute atomic E-state index is 0.0887. The molecule has 2 unspecified atom stereocenters. The van der Waals surface area contributed by atoms with Gasteiger partial charge in [-0.1, -0.05) is 44.2 Å². The molecule has 2 saturated carbocycles. The maximum atomic E-state index is 12.5. The van der Waals surface area contributed by atoms with Gasteiger partial charge in [0.05, 0.1) is 10.3 Å². The number of hydrogen-bond donors (Lipinski definition) is 1. The third kappa shape index (κ3) is 2.07. The third-order valence-corrected chi connectivity index (χ3v) is 6.61. The molecule has 0 amide bonds. The van der Waals surface area contributed by atoms with Gasteiger partial charge in [-0.05, 0) is 35.8 Å². The van der Waals surface area contributed by atoms with Crippen molar-refractivity contribution in [2.75, 3.05) is 0 Å². The van der Waals surface area contributed by atoms with E-state index >= 15 is 0 Å². The SMILES string of the molecule is CC1(C)C2CCC1(C=C(c1ccccc1)S(=O)(=O)O)C(=O)C2. The molecule has 0 aliphatic heterocycles. The molecule has 0 heterocycles. The maximum Gasteiger partial charge on any atom is 0.294 e. The first-order valence-electron chi connectivity index (χ1n) is 7.47. The summed E-state index contributed by atoms with van der Waals surface area (Å²) in [5.74, 6) is 0.375. The Hall–Kier alpha value is -1.46. The van der Waals surface area contributed by atoms with Crippen molar-refractivity contribution in [3.63, 3.8) is 0 Å². The normalized spacial score (nSPS) is 30.8. The topological polar surface area (TPSA) is 71.4 Å². The minimum atomic E-state index is -4.40. The number of ketones is 1. The van der Waals surface area contributed by atoms with Crippen LogP contribution >= 0.6 is 0 Å². The molecular weight excluding hydrogens is 300 g/mol. The summed E-state index contributed by atoms with van der Waals surface area (Å²) in [5.41, 5.74) is -0.661. The monoisotopic (exact) mass is 320 g/mol. The zero-order valence-electron chi connectivity index (χ0n) is 12.7. The second-order valence-electron chi connectivity index (χ2n) is 6.91. The van der Waals surface area contributed by atoms with Crippen LogP contribution in [-0.2, 0) is 14.9 Å². The van der Waals surface area contributed by atoms with Gasteiger partial charge in [0, 0.05) is 6.42 Å². The number of Topliss-reactive ketones (excluding diaryl/α,β-unsaturated/α-hetero) is 1. The van der Waals surface area contributed by atoms with Crippen LogP contribution in [0.25, 0.3) is 4.91 Å². The Balaban J connectivity index is 2.21. The van der Waals surface area contributed by atoms with Gasteiger partial charge in [-0.25, -0.2) is 0 Å². The quantitative estimate of drug-likeness (QED) is 0.867. The lowest BCUT2D eigenvalue weighted by Crippen LogP contribution is -2.34. The fourth-order valence-corrected chi connectivity index (χ4v) is 4.97. The summed E-state index contributed by atoms with van der Waals surface area (Å²) in [6, 6.07) is 8.47. The fourth-order valence-electron chi connectivity index (χ4n) is 4.18. The molecule has 0 radical (unpaired) electrons. The molecule has 1 aromatic rings. The molecule has 1 N–H and O–H groups in total. The predicted octanol–water partition coefficient (Wildman–Crippen LogP) is 3.31. The van der Waals surface area contributed by atoms with E-state index in [0.29, 0.717) is 18.4 Å². The van der Waals surface area contributed by atoms with E-state index in [-0.39, 0.29) is 22.0 Å². The fraction of sp³-hybridized carbons (Fsp3) is 0.471. The van der Waals surface area contributed by atoms with E-state index in [1.807, 2.05) is 13.8 Å². The van der Waals surface area contributed by atoms with Crippen molar-refractivity contribution < 1.29 is 17.8 Å². The summed E-state index contributed by atoms with van der Waals surface area (Å²) in [5, 5.41) is 0. The number of carbonyl (C=O) groups is 1. The molecule has 0 aromatic heterocycles. The highest BCUT2D eigenvalue weighted by molar-refractivity contribution is 7.95. The Morgan fingerprint density at radius 3 is 2.36 bits per heavy atom. The summed E-state index contributed by atoms with van der Waals surface area (Å²) in [7, 11) is -4.40. The highest BCUT2D eigenvalue weighted by Crippen LogP contribution is 2.65. The van der Waals surface area contributed by atoms with Crippen molar-refractivity contribution in [3.8, 4) is 0 Å². The van der Waals surface area contributed by atoms with Crippen molar-refractivity contribution in [2.45, 2.75) is 33.1 Å². The Bertz CT molecular complexity index is 746. The van der Waals surface area contributed by atoms with Gasteiger partial charge in [0.2, 0.25) is 0 Å². The molecule has 2 aliphatic carbocycles. The van der Waals surface area contributed by atoms with Crippen molar-refractivity contribution in [2.24, 2.45) is 16.7 Å². The van der Waals surface area contributed by atoms with Gasteiger partial charge in [0.25, 0.3) is 10.1 Å². The van der Waals surface area contributed by atoms with Gasteiger partial charge >= 0.3 is 0 Å². The molecule has 1 aromatic carbocycles. The Morgan fingerprint density at radius 2 is 1.91 bits per heavy atom. The molecule has 2 fully saturated rings. The van der Waals surface area contributed by atoms with Crippen LogP contribution < -0.4 is 0 Å². The predicted molar refractivity (Wildman–Crippen MR) is 84.5 cm³/mol. The average Bonchev–Trinajstić information content (AvgIpc) is 2.79. The van der Waals surface area contributed by atoms with Gasteiger partial charge in [-0.15, -0.1) is 0 Å². The maximum absolute atomic E-state index is 12.5. The molecule has 3 rings (SSSR count). The summed E-state index contributed by atoms with van der Waals surface area (Å²) < 4.78 is 33.4. The van der Waals surface area contributed by atoms with Crippen LogP contribution in [-0.4, -0.2) is 18.8 Å². The van der Waals surface area contributed by atoms with E-state index < -0.39 is 15.5 Å². The second-order valence-corrected chi connectivity index (χ2v) is 8.30. The van der Waals surface area contributed by atoms with Gasteiger partial charge in [-0.3, -0.25) is 9.35 Å². The zero-order chi connectivity index (χ0) is 16.2. The molecule has 118 valence electrons. The Kier molecular flexibility index (Phi) is 3.34. The van der Waals surface area contributed by atoms with Crippen LogP contribution in [0.2, 0.25) is 0 Å². The van der Waals surface area contributed by atoms with Gasteiger partial charge in [-0.2, -0.15) is 8.42 Å². The first kappa shape index (κ1) is 15.4. The minimum Gasteiger partial charge on any atom is -0.299 e. The first-order valence-corrected chi connectivity index (χ1v) is 8.91. The number of rotatable bonds is 3. The lowest BCUT2D eigenvalue weighted by atomic mass is 9.68. The van der Waals surface area contributed by atoms with Crippen LogP contribution in [0.5, 0.6) is 0 Å². The lowest BCUT2D eigenvalue weighted by molar-refractivity contribution is -0.126. The molecule has 0 saturated heterocycles. The van der Waals surface area contributed by atoms with Crippen LogP contribution in [0.4, 0.5) is 0 Å². The van der Waals surface area contributed by atoms with Gasteiger partial charge in [0.15, 0.2) is 0 Å². The number of hydrogen-bond acceptors (Lipinski definition) is 3. The smallest absolute Gasteiger partial charge is 0.294 e. The molecule has 5 heteroatoms. The van der Waals surface area contributed by atoms with E-state index in [1.165, 1.54) is 6.08 Å². The number of allylic oxidation sites excluding steroid dienone is 1. The second kappa shape index (κ2) is 4.77. The number of carbonyl (C=O) groups excluding carboxylic acids is 1. The molecule has 2 atom stereocenters. The van der Waals surface area contributed by atoms with E-state index in [1.54, 1.807) is 30.3 Å². The zero-order valence-corrected chi connectivity index (χ0v) is 13.6. The third-order valence-electron chi connectivity index (χ3n) is 5.70. The van der Waals surface area contributed by atoms with E-state index in [4.69, 9.17) is 0 Å². The first-order chi connectivity index (χ1) is 10.2. The highest BCUT2D eigenvalue weighted by atomic mass is 32.2. The van der Waals surface area contributed by atoms with E-state index in [0.717, 1.165) is 6.42 Å². The summed E-state index contributed by atoms with van der Waals surface area (Å²) in [6.07, 6.45) is 3.59. The number of benzene rings is 1. The molecule has 22 heavy (non-hydrogen) atoms. The van der Waals surface area contributed by atoms with Crippen LogP contribution in [0.1, 0.15) is 38.7 Å². The summed E-state index contributed by atoms with van der Waals surface area (Å²) >= 11 is 0. The van der Waals surface area contributed by atoms with Gasteiger partial charge in [0.1, 0.15) is 5.78 Å². The highest BCUT2D eigenvalue weighted by Gasteiger charge is 2.63. The van der Waals surface area contributed by atoms with Crippen LogP contribution in [0.3, 0.4) is 0 Å².